The van der Waals surface area contributed by atoms with E-state index in [1.54, 1.807) is 36.7 Å². The molecule has 0 radical (unpaired) electrons. The van der Waals surface area contributed by atoms with Gasteiger partial charge in [-0.15, -0.1) is 0 Å². The van der Waals surface area contributed by atoms with Crippen LogP contribution in [0.1, 0.15) is 0 Å². The summed E-state index contributed by atoms with van der Waals surface area (Å²) in [5, 5.41) is 4.18. The first-order valence-corrected chi connectivity index (χ1v) is 7.04. The average Bonchev–Trinajstić information content (AvgIpc) is 2.41. The fraction of sp³-hybridized carbons (Fsp3) is 0.0833. The van der Waals surface area contributed by atoms with Crippen LogP contribution in [-0.4, -0.2) is 21.6 Å². The van der Waals surface area contributed by atoms with Crippen LogP contribution in [0.3, 0.4) is 0 Å². The standard InChI is InChI=1S/C12H9Cl2N3OS/c13-8-2-3-10(9(14)6-8)17-11(18)7-19-12-15-4-1-5-16-12/h1-6H,7H2,(H,17,18). The van der Waals surface area contributed by atoms with Crippen LogP contribution in [0.5, 0.6) is 0 Å². The van der Waals surface area contributed by atoms with E-state index in [4.69, 9.17) is 23.2 Å². The van der Waals surface area contributed by atoms with Crippen LogP contribution in [0.15, 0.2) is 41.8 Å². The van der Waals surface area contributed by atoms with Crippen molar-refractivity contribution >= 4 is 46.6 Å². The molecule has 0 fully saturated rings. The number of benzene rings is 1. The van der Waals surface area contributed by atoms with E-state index in [0.29, 0.717) is 20.9 Å². The van der Waals surface area contributed by atoms with E-state index in [1.807, 2.05) is 0 Å². The van der Waals surface area contributed by atoms with Crippen LogP contribution >= 0.6 is 35.0 Å². The van der Waals surface area contributed by atoms with E-state index in [9.17, 15) is 4.79 Å². The summed E-state index contributed by atoms with van der Waals surface area (Å²) in [6.45, 7) is 0. The number of halogens is 2. The van der Waals surface area contributed by atoms with E-state index < -0.39 is 0 Å². The second-order valence-corrected chi connectivity index (χ2v) is 5.28. The van der Waals surface area contributed by atoms with Crippen molar-refractivity contribution in [3.63, 3.8) is 0 Å². The first-order chi connectivity index (χ1) is 9.15. The highest BCUT2D eigenvalue weighted by Gasteiger charge is 2.07. The molecule has 4 nitrogen and oxygen atoms in total. The molecule has 0 atom stereocenters. The molecule has 19 heavy (non-hydrogen) atoms. The Balaban J connectivity index is 1.91. The maximum Gasteiger partial charge on any atom is 0.234 e. The number of amides is 1. The zero-order valence-electron chi connectivity index (χ0n) is 9.64. The Labute approximate surface area is 124 Å². The molecule has 0 saturated carbocycles. The maximum atomic E-state index is 11.7. The summed E-state index contributed by atoms with van der Waals surface area (Å²) in [4.78, 5) is 19.8. The van der Waals surface area contributed by atoms with Crippen molar-refractivity contribution in [2.75, 3.05) is 11.1 Å². The van der Waals surface area contributed by atoms with Gasteiger partial charge >= 0.3 is 0 Å². The molecule has 1 N–H and O–H groups in total. The van der Waals surface area contributed by atoms with Crippen molar-refractivity contribution in [2.24, 2.45) is 0 Å². The number of aromatic nitrogens is 2. The molecule has 0 bridgehead atoms. The van der Waals surface area contributed by atoms with Crippen molar-refractivity contribution in [3.05, 3.63) is 46.7 Å². The number of hydrogen-bond donors (Lipinski definition) is 1. The Kier molecular flexibility index (Phi) is 5.01. The lowest BCUT2D eigenvalue weighted by molar-refractivity contribution is -0.113. The first-order valence-electron chi connectivity index (χ1n) is 5.30. The van der Waals surface area contributed by atoms with Crippen LogP contribution in [0.2, 0.25) is 10.0 Å². The molecule has 2 rings (SSSR count). The Morgan fingerprint density at radius 1 is 1.26 bits per heavy atom. The van der Waals surface area contributed by atoms with Crippen LogP contribution < -0.4 is 5.32 Å². The van der Waals surface area contributed by atoms with Gasteiger partial charge in [0.1, 0.15) is 0 Å². The first kappa shape index (κ1) is 14.1. The van der Waals surface area contributed by atoms with Gasteiger partial charge in [-0.25, -0.2) is 9.97 Å². The van der Waals surface area contributed by atoms with Crippen molar-refractivity contribution < 1.29 is 4.79 Å². The zero-order valence-corrected chi connectivity index (χ0v) is 12.0. The predicted octanol–water partition coefficient (Wildman–Crippen LogP) is 3.51. The van der Waals surface area contributed by atoms with E-state index >= 15 is 0 Å². The molecule has 1 aromatic carbocycles. The highest BCUT2D eigenvalue weighted by atomic mass is 35.5. The third-order valence-electron chi connectivity index (χ3n) is 2.08. The highest BCUT2D eigenvalue weighted by molar-refractivity contribution is 7.99. The minimum atomic E-state index is -0.179. The highest BCUT2D eigenvalue weighted by Crippen LogP contribution is 2.25. The number of carbonyl (C=O) groups is 1. The minimum Gasteiger partial charge on any atom is -0.324 e. The number of hydrogen-bond acceptors (Lipinski definition) is 4. The molecule has 0 saturated heterocycles. The van der Waals surface area contributed by atoms with Gasteiger partial charge in [0.2, 0.25) is 5.91 Å². The van der Waals surface area contributed by atoms with Crippen LogP contribution in [0.25, 0.3) is 0 Å². The summed E-state index contributed by atoms with van der Waals surface area (Å²) >= 11 is 13.0. The molecule has 0 unspecified atom stereocenters. The summed E-state index contributed by atoms with van der Waals surface area (Å²) in [6, 6.07) is 6.62. The number of thioether (sulfide) groups is 1. The quantitative estimate of drug-likeness (QED) is 0.693. The molecule has 0 aliphatic carbocycles. The van der Waals surface area contributed by atoms with Crippen LogP contribution in [0.4, 0.5) is 5.69 Å². The molecule has 98 valence electrons. The van der Waals surface area contributed by atoms with Gasteiger partial charge in [0.15, 0.2) is 5.16 Å². The molecule has 1 aromatic heterocycles. The van der Waals surface area contributed by atoms with E-state index in [2.05, 4.69) is 15.3 Å². The lowest BCUT2D eigenvalue weighted by Gasteiger charge is -2.06. The van der Waals surface area contributed by atoms with Gasteiger partial charge in [-0.05, 0) is 24.3 Å². The number of rotatable bonds is 4. The summed E-state index contributed by atoms with van der Waals surface area (Å²) in [5.74, 6) is 0.0323. The lowest BCUT2D eigenvalue weighted by atomic mass is 10.3. The third-order valence-corrected chi connectivity index (χ3v) is 3.50. The van der Waals surface area contributed by atoms with Crippen molar-refractivity contribution in [3.8, 4) is 0 Å². The van der Waals surface area contributed by atoms with Gasteiger partial charge in [0, 0.05) is 17.4 Å². The van der Waals surface area contributed by atoms with Gasteiger partial charge < -0.3 is 5.32 Å². The molecule has 7 heteroatoms. The van der Waals surface area contributed by atoms with Gasteiger partial charge in [-0.2, -0.15) is 0 Å². The topological polar surface area (TPSA) is 54.9 Å². The minimum absolute atomic E-state index is 0.179. The molecule has 0 spiro atoms. The van der Waals surface area contributed by atoms with Crippen LogP contribution in [-0.2, 0) is 4.79 Å². The smallest absolute Gasteiger partial charge is 0.234 e. The summed E-state index contributed by atoms with van der Waals surface area (Å²) in [7, 11) is 0. The second kappa shape index (κ2) is 6.75. The van der Waals surface area contributed by atoms with Gasteiger partial charge in [-0.1, -0.05) is 35.0 Å². The SMILES string of the molecule is O=C(CSc1ncccn1)Nc1ccc(Cl)cc1Cl. The van der Waals surface area contributed by atoms with Crippen LogP contribution in [0, 0.1) is 0 Å². The van der Waals surface area contributed by atoms with Crippen molar-refractivity contribution in [2.45, 2.75) is 5.16 Å². The normalized spacial score (nSPS) is 10.2. The Morgan fingerprint density at radius 3 is 2.68 bits per heavy atom. The van der Waals surface area contributed by atoms with Crippen molar-refractivity contribution in [1.82, 2.24) is 9.97 Å². The molecule has 0 aliphatic rings. The molecule has 2 aromatic rings. The Hall–Kier alpha value is -1.30. The average molecular weight is 314 g/mol. The van der Waals surface area contributed by atoms with Gasteiger partial charge in [0.25, 0.3) is 0 Å². The molecular formula is C12H9Cl2N3OS. The van der Waals surface area contributed by atoms with E-state index in [0.717, 1.165) is 0 Å². The van der Waals surface area contributed by atoms with E-state index in [1.165, 1.54) is 11.8 Å². The van der Waals surface area contributed by atoms with E-state index in [-0.39, 0.29) is 11.7 Å². The molecule has 1 heterocycles. The molecular weight excluding hydrogens is 305 g/mol. The Morgan fingerprint density at radius 2 is 2.00 bits per heavy atom. The summed E-state index contributed by atoms with van der Waals surface area (Å²) in [6.07, 6.45) is 3.26. The fourth-order valence-corrected chi connectivity index (χ4v) is 2.33. The fourth-order valence-electron chi connectivity index (χ4n) is 1.27. The van der Waals surface area contributed by atoms with Gasteiger partial charge in [0.05, 0.1) is 16.5 Å². The summed E-state index contributed by atoms with van der Waals surface area (Å²) in [5.41, 5.74) is 0.533. The monoisotopic (exact) mass is 313 g/mol. The molecule has 1 amide bonds. The number of nitrogens with zero attached hydrogens (tertiary/aromatic N) is 2. The molecule has 0 aliphatic heterocycles. The Bertz CT molecular complexity index is 580. The second-order valence-electron chi connectivity index (χ2n) is 3.49. The maximum absolute atomic E-state index is 11.7. The number of anilines is 1. The number of carbonyl (C=O) groups excluding carboxylic acids is 1. The third kappa shape index (κ3) is 4.38. The lowest BCUT2D eigenvalue weighted by Crippen LogP contribution is -2.14. The number of nitrogens with one attached hydrogen (secondary N) is 1. The van der Waals surface area contributed by atoms with Crippen molar-refractivity contribution in [1.29, 1.82) is 0 Å². The summed E-state index contributed by atoms with van der Waals surface area (Å²) < 4.78 is 0. The zero-order chi connectivity index (χ0) is 13.7. The largest absolute Gasteiger partial charge is 0.324 e. The van der Waals surface area contributed by atoms with Gasteiger partial charge in [-0.3, -0.25) is 4.79 Å². The predicted molar refractivity (Wildman–Crippen MR) is 77.8 cm³/mol.